The van der Waals surface area contributed by atoms with Crippen molar-refractivity contribution in [3.63, 3.8) is 0 Å². The zero-order chi connectivity index (χ0) is 19.7. The van der Waals surface area contributed by atoms with E-state index >= 15 is 0 Å². The van der Waals surface area contributed by atoms with Crippen molar-refractivity contribution >= 4 is 34.8 Å². The third-order valence-corrected chi connectivity index (χ3v) is 4.63. The molecule has 142 valence electrons. The van der Waals surface area contributed by atoms with Crippen LogP contribution in [0.4, 0.5) is 18.9 Å². The van der Waals surface area contributed by atoms with E-state index in [1.807, 2.05) is 0 Å². The smallest absolute Gasteiger partial charge is 0.301 e. The van der Waals surface area contributed by atoms with Crippen LogP contribution in [0.5, 0.6) is 0 Å². The average molecular weight is 390 g/mol. The highest BCUT2D eigenvalue weighted by Crippen LogP contribution is 2.36. The zero-order valence-electron chi connectivity index (χ0n) is 14.4. The molecule has 1 aliphatic rings. The van der Waals surface area contributed by atoms with Crippen LogP contribution in [0.1, 0.15) is 38.7 Å². The summed E-state index contributed by atoms with van der Waals surface area (Å²) in [5.41, 5.74) is -1.19. The molecule has 2 rings (SSSR count). The number of amides is 1. The van der Waals surface area contributed by atoms with Crippen LogP contribution in [-0.2, 0) is 20.3 Å². The monoisotopic (exact) mass is 389 g/mol. The Labute approximate surface area is 154 Å². The van der Waals surface area contributed by atoms with Crippen LogP contribution >= 0.6 is 11.6 Å². The molecule has 1 amide bonds. The van der Waals surface area contributed by atoms with E-state index in [0.717, 1.165) is 18.2 Å². The van der Waals surface area contributed by atoms with Crippen LogP contribution in [-0.4, -0.2) is 24.1 Å². The lowest BCUT2D eigenvalue weighted by molar-refractivity contribution is -0.141. The molecular weight excluding hydrogens is 371 g/mol. The van der Waals surface area contributed by atoms with E-state index in [1.54, 1.807) is 13.8 Å². The van der Waals surface area contributed by atoms with Gasteiger partial charge in [0.1, 0.15) is 11.6 Å². The summed E-state index contributed by atoms with van der Waals surface area (Å²) in [4.78, 5) is 36.4. The number of nitrogens with one attached hydrogen (secondary N) is 1. The topological polar surface area (TPSA) is 63.2 Å². The molecule has 0 atom stereocenters. The Balaban J connectivity index is 2.12. The third-order valence-electron chi connectivity index (χ3n) is 4.30. The first-order valence-corrected chi connectivity index (χ1v) is 8.42. The number of Topliss-reactive ketones (excluding diaryl/α,β-unsaturated/α-hetero) is 2. The molecule has 0 saturated heterocycles. The average Bonchev–Trinajstić information content (AvgIpc) is 2.52. The van der Waals surface area contributed by atoms with Crippen LogP contribution < -0.4 is 5.32 Å². The summed E-state index contributed by atoms with van der Waals surface area (Å²) in [6, 6.07) is 2.97. The summed E-state index contributed by atoms with van der Waals surface area (Å²) < 4.78 is 39.4. The molecule has 0 unspecified atom stereocenters. The quantitative estimate of drug-likeness (QED) is 0.763. The molecule has 1 aliphatic carbocycles. The number of hydrogen-bond donors (Lipinski definition) is 1. The predicted octanol–water partition coefficient (Wildman–Crippen LogP) is 4.30. The Kier molecular flexibility index (Phi) is 5.80. The molecule has 0 radical (unpaired) electrons. The van der Waals surface area contributed by atoms with E-state index in [2.05, 4.69) is 5.32 Å². The van der Waals surface area contributed by atoms with Gasteiger partial charge in [0.05, 0.1) is 16.6 Å². The van der Waals surface area contributed by atoms with Crippen molar-refractivity contribution in [2.75, 3.05) is 12.0 Å². The van der Waals surface area contributed by atoms with Crippen LogP contribution in [0.3, 0.4) is 0 Å². The van der Waals surface area contributed by atoms with Gasteiger partial charge in [-0.2, -0.15) is 8.78 Å². The number of alkyl halides is 3. The Morgan fingerprint density at radius 2 is 1.85 bits per heavy atom. The maximum atomic E-state index is 13.5. The number of benzene rings is 1. The SMILES string of the molecule is CC1(C)CC(=O)C(CC(=O)Nc2cc(C(F)(F)CF)ccc2Cl)C(=O)C1. The second-order valence-electron chi connectivity index (χ2n) is 7.29. The highest BCUT2D eigenvalue weighted by atomic mass is 35.5. The third kappa shape index (κ3) is 4.63. The number of hydrogen-bond acceptors (Lipinski definition) is 3. The fourth-order valence-corrected chi connectivity index (χ4v) is 3.14. The summed E-state index contributed by atoms with van der Waals surface area (Å²) in [5, 5.41) is 2.31. The van der Waals surface area contributed by atoms with Crippen LogP contribution in [0.2, 0.25) is 5.02 Å². The molecule has 26 heavy (non-hydrogen) atoms. The molecule has 0 aromatic heterocycles. The molecule has 4 nitrogen and oxygen atoms in total. The van der Waals surface area contributed by atoms with Gasteiger partial charge in [0.2, 0.25) is 5.91 Å². The molecule has 1 saturated carbocycles. The van der Waals surface area contributed by atoms with Gasteiger partial charge in [-0.1, -0.05) is 31.5 Å². The summed E-state index contributed by atoms with van der Waals surface area (Å²) in [6.45, 7) is 1.72. The summed E-state index contributed by atoms with van der Waals surface area (Å²) in [5.74, 6) is -6.07. The Bertz CT molecular complexity index is 729. The first-order valence-electron chi connectivity index (χ1n) is 8.04. The molecule has 1 aromatic rings. The van der Waals surface area contributed by atoms with Crippen molar-refractivity contribution in [3.8, 4) is 0 Å². The van der Waals surface area contributed by atoms with Crippen molar-refractivity contribution in [1.82, 2.24) is 0 Å². The number of anilines is 1. The molecule has 0 aliphatic heterocycles. The van der Waals surface area contributed by atoms with E-state index in [-0.39, 0.29) is 41.5 Å². The second kappa shape index (κ2) is 7.39. The van der Waals surface area contributed by atoms with Gasteiger partial charge in [-0.25, -0.2) is 4.39 Å². The normalized spacial score (nSPS) is 18.1. The number of ketones is 2. The fraction of sp³-hybridized carbons (Fsp3) is 0.500. The minimum atomic E-state index is -3.70. The van der Waals surface area contributed by atoms with Gasteiger partial charge in [0, 0.05) is 24.8 Å². The van der Waals surface area contributed by atoms with Crippen molar-refractivity contribution < 1.29 is 27.6 Å². The first-order chi connectivity index (χ1) is 11.9. The maximum absolute atomic E-state index is 13.5. The van der Waals surface area contributed by atoms with E-state index in [4.69, 9.17) is 11.6 Å². The number of rotatable bonds is 5. The Hall–Kier alpha value is -1.89. The number of carbonyl (C=O) groups is 3. The van der Waals surface area contributed by atoms with Gasteiger partial charge in [0.25, 0.3) is 0 Å². The lowest BCUT2D eigenvalue weighted by Crippen LogP contribution is -2.39. The molecule has 1 fully saturated rings. The number of carbonyl (C=O) groups excluding carboxylic acids is 3. The highest BCUT2D eigenvalue weighted by Gasteiger charge is 2.40. The molecule has 8 heteroatoms. The molecule has 1 N–H and O–H groups in total. The predicted molar refractivity (Wildman–Crippen MR) is 91.1 cm³/mol. The van der Waals surface area contributed by atoms with Gasteiger partial charge < -0.3 is 5.32 Å². The van der Waals surface area contributed by atoms with E-state index in [0.29, 0.717) is 0 Å². The van der Waals surface area contributed by atoms with E-state index in [9.17, 15) is 27.6 Å². The van der Waals surface area contributed by atoms with Gasteiger partial charge in [-0.15, -0.1) is 0 Å². The van der Waals surface area contributed by atoms with Gasteiger partial charge in [-0.05, 0) is 17.5 Å². The lowest BCUT2D eigenvalue weighted by atomic mass is 9.70. The summed E-state index contributed by atoms with van der Waals surface area (Å²) in [6.07, 6.45) is -0.000885. The van der Waals surface area contributed by atoms with Crippen molar-refractivity contribution in [3.05, 3.63) is 28.8 Å². The molecule has 1 aromatic carbocycles. The van der Waals surface area contributed by atoms with Crippen molar-refractivity contribution in [2.24, 2.45) is 11.3 Å². The minimum absolute atomic E-state index is 0.0146. The summed E-state index contributed by atoms with van der Waals surface area (Å²) in [7, 11) is 0. The van der Waals surface area contributed by atoms with E-state index in [1.165, 1.54) is 0 Å². The first kappa shape index (κ1) is 20.4. The molecule has 0 bridgehead atoms. The van der Waals surface area contributed by atoms with Crippen molar-refractivity contribution in [1.29, 1.82) is 0 Å². The van der Waals surface area contributed by atoms with Crippen LogP contribution in [0.25, 0.3) is 0 Å². The van der Waals surface area contributed by atoms with Crippen LogP contribution in [0, 0.1) is 11.3 Å². The summed E-state index contributed by atoms with van der Waals surface area (Å²) >= 11 is 5.88. The van der Waals surface area contributed by atoms with Crippen LogP contribution in [0.15, 0.2) is 18.2 Å². The zero-order valence-corrected chi connectivity index (χ0v) is 15.1. The fourth-order valence-electron chi connectivity index (χ4n) is 2.97. The van der Waals surface area contributed by atoms with Gasteiger partial charge >= 0.3 is 5.92 Å². The van der Waals surface area contributed by atoms with Gasteiger partial charge in [-0.3, -0.25) is 14.4 Å². The highest BCUT2D eigenvalue weighted by molar-refractivity contribution is 6.33. The second-order valence-corrected chi connectivity index (χ2v) is 7.70. The minimum Gasteiger partial charge on any atom is -0.325 e. The Morgan fingerprint density at radius 1 is 1.27 bits per heavy atom. The van der Waals surface area contributed by atoms with Gasteiger partial charge in [0.15, 0.2) is 6.67 Å². The maximum Gasteiger partial charge on any atom is 0.301 e. The molecule has 0 spiro atoms. The molecule has 0 heterocycles. The van der Waals surface area contributed by atoms with E-state index < -0.39 is 35.4 Å². The Morgan fingerprint density at radius 3 is 2.38 bits per heavy atom. The number of halogens is 4. The molecular formula is C18H19ClF3NO3. The standard InChI is InChI=1S/C18H19ClF3NO3/c1-17(2)7-14(24)11(15(25)8-17)6-16(26)23-13-5-10(3-4-12(13)19)18(21,22)9-20/h3-5,11H,6-9H2,1-2H3,(H,23,26). The van der Waals surface area contributed by atoms with Crippen molar-refractivity contribution in [2.45, 2.75) is 39.0 Å². The largest absolute Gasteiger partial charge is 0.325 e. The lowest BCUT2D eigenvalue weighted by Gasteiger charge is -2.31.